The van der Waals surface area contributed by atoms with Crippen molar-refractivity contribution < 1.29 is 5.11 Å². The van der Waals surface area contributed by atoms with E-state index in [1.54, 1.807) is 0 Å². The maximum atomic E-state index is 9.60. The van der Waals surface area contributed by atoms with Gasteiger partial charge in [0.05, 0.1) is 6.10 Å². The Morgan fingerprint density at radius 3 is 2.33 bits per heavy atom. The number of rotatable bonds is 4. The van der Waals surface area contributed by atoms with Crippen LogP contribution in [-0.2, 0) is 0 Å². The maximum absolute atomic E-state index is 9.60. The Kier molecular flexibility index (Phi) is 5.23. The summed E-state index contributed by atoms with van der Waals surface area (Å²) in [5, 5.41) is 9.60. The summed E-state index contributed by atoms with van der Waals surface area (Å²) in [5.74, 6) is 0. The van der Waals surface area contributed by atoms with Crippen molar-refractivity contribution in [1.29, 1.82) is 0 Å². The van der Waals surface area contributed by atoms with E-state index in [4.69, 9.17) is 0 Å². The third-order valence-electron chi connectivity index (χ3n) is 1.93. The summed E-state index contributed by atoms with van der Waals surface area (Å²) < 4.78 is 0. The SMILES string of the molecule is CCCC/C=C\C(O)C(C)(C)C. The van der Waals surface area contributed by atoms with Gasteiger partial charge >= 0.3 is 0 Å². The second-order valence-electron chi connectivity index (χ2n) is 4.38. The van der Waals surface area contributed by atoms with E-state index in [1.807, 2.05) is 26.8 Å². The van der Waals surface area contributed by atoms with Crippen molar-refractivity contribution in [2.24, 2.45) is 5.41 Å². The molecule has 0 amide bonds. The van der Waals surface area contributed by atoms with Gasteiger partial charge in [0.2, 0.25) is 0 Å². The van der Waals surface area contributed by atoms with E-state index in [0.29, 0.717) is 0 Å². The number of hydrogen-bond donors (Lipinski definition) is 1. The van der Waals surface area contributed by atoms with Crippen molar-refractivity contribution in [3.8, 4) is 0 Å². The molecule has 0 rings (SSSR count). The molecule has 0 aromatic rings. The van der Waals surface area contributed by atoms with Crippen LogP contribution in [0.15, 0.2) is 12.2 Å². The van der Waals surface area contributed by atoms with E-state index >= 15 is 0 Å². The van der Waals surface area contributed by atoms with Crippen LogP contribution in [0.1, 0.15) is 47.0 Å². The van der Waals surface area contributed by atoms with E-state index in [9.17, 15) is 5.11 Å². The highest BCUT2D eigenvalue weighted by molar-refractivity contribution is 4.94. The average Bonchev–Trinajstić information content (AvgIpc) is 1.96. The molecule has 0 aromatic carbocycles. The van der Waals surface area contributed by atoms with Gasteiger partial charge in [0, 0.05) is 0 Å². The van der Waals surface area contributed by atoms with Crippen molar-refractivity contribution in [3.05, 3.63) is 12.2 Å². The molecule has 0 bridgehead atoms. The van der Waals surface area contributed by atoms with Crippen molar-refractivity contribution in [1.82, 2.24) is 0 Å². The van der Waals surface area contributed by atoms with E-state index in [2.05, 4.69) is 13.0 Å². The lowest BCUT2D eigenvalue weighted by atomic mass is 9.89. The molecule has 0 aromatic heterocycles. The van der Waals surface area contributed by atoms with Gasteiger partial charge in [-0.1, -0.05) is 52.7 Å². The molecule has 0 radical (unpaired) electrons. The third-order valence-corrected chi connectivity index (χ3v) is 1.93. The highest BCUT2D eigenvalue weighted by Crippen LogP contribution is 2.19. The molecular weight excluding hydrogens is 148 g/mol. The summed E-state index contributed by atoms with van der Waals surface area (Å²) in [4.78, 5) is 0. The molecule has 1 N–H and O–H groups in total. The van der Waals surface area contributed by atoms with E-state index < -0.39 is 0 Å². The summed E-state index contributed by atoms with van der Waals surface area (Å²) in [7, 11) is 0. The Hall–Kier alpha value is -0.300. The molecule has 1 heteroatoms. The summed E-state index contributed by atoms with van der Waals surface area (Å²) in [6, 6.07) is 0. The average molecular weight is 170 g/mol. The highest BCUT2D eigenvalue weighted by atomic mass is 16.3. The maximum Gasteiger partial charge on any atom is 0.0769 e. The van der Waals surface area contributed by atoms with Gasteiger partial charge in [0.25, 0.3) is 0 Å². The second kappa shape index (κ2) is 5.36. The molecule has 0 aliphatic rings. The minimum Gasteiger partial charge on any atom is -0.388 e. The summed E-state index contributed by atoms with van der Waals surface area (Å²) in [6.45, 7) is 8.31. The lowest BCUT2D eigenvalue weighted by Crippen LogP contribution is -2.23. The fourth-order valence-electron chi connectivity index (χ4n) is 0.836. The normalized spacial score (nSPS) is 15.4. The molecule has 0 aliphatic carbocycles. The summed E-state index contributed by atoms with van der Waals surface area (Å²) in [6.07, 6.45) is 7.21. The number of aliphatic hydroxyl groups excluding tert-OH is 1. The van der Waals surface area contributed by atoms with Gasteiger partial charge in [-0.3, -0.25) is 0 Å². The van der Waals surface area contributed by atoms with Crippen LogP contribution in [0.2, 0.25) is 0 Å². The Morgan fingerprint density at radius 1 is 1.33 bits per heavy atom. The Bertz CT molecular complexity index is 130. The number of aliphatic hydroxyl groups is 1. The fourth-order valence-corrected chi connectivity index (χ4v) is 0.836. The predicted molar refractivity (Wildman–Crippen MR) is 54.1 cm³/mol. The second-order valence-corrected chi connectivity index (χ2v) is 4.38. The first-order chi connectivity index (χ1) is 5.48. The van der Waals surface area contributed by atoms with Crippen LogP contribution >= 0.6 is 0 Å². The van der Waals surface area contributed by atoms with Crippen LogP contribution in [0.4, 0.5) is 0 Å². The zero-order chi connectivity index (χ0) is 9.61. The van der Waals surface area contributed by atoms with Gasteiger partial charge in [0.15, 0.2) is 0 Å². The molecule has 0 fully saturated rings. The van der Waals surface area contributed by atoms with E-state index in [-0.39, 0.29) is 11.5 Å². The minimum absolute atomic E-state index is 0.0251. The van der Waals surface area contributed by atoms with Gasteiger partial charge in [-0.2, -0.15) is 0 Å². The van der Waals surface area contributed by atoms with Gasteiger partial charge in [-0.25, -0.2) is 0 Å². The van der Waals surface area contributed by atoms with Crippen LogP contribution in [0.3, 0.4) is 0 Å². The topological polar surface area (TPSA) is 20.2 Å². The monoisotopic (exact) mass is 170 g/mol. The predicted octanol–water partition coefficient (Wildman–Crippen LogP) is 3.14. The molecule has 12 heavy (non-hydrogen) atoms. The summed E-state index contributed by atoms with van der Waals surface area (Å²) >= 11 is 0. The molecule has 0 spiro atoms. The molecule has 1 unspecified atom stereocenters. The van der Waals surface area contributed by atoms with Gasteiger partial charge < -0.3 is 5.11 Å². The largest absolute Gasteiger partial charge is 0.388 e. The first-order valence-electron chi connectivity index (χ1n) is 4.83. The third kappa shape index (κ3) is 5.36. The van der Waals surface area contributed by atoms with Crippen LogP contribution in [-0.4, -0.2) is 11.2 Å². The van der Waals surface area contributed by atoms with Crippen LogP contribution < -0.4 is 0 Å². The molecule has 0 saturated heterocycles. The number of unbranched alkanes of at least 4 members (excludes halogenated alkanes) is 2. The van der Waals surface area contributed by atoms with Crippen LogP contribution in [0.5, 0.6) is 0 Å². The zero-order valence-corrected chi connectivity index (χ0v) is 8.80. The molecular formula is C11H22O. The standard InChI is InChI=1S/C11H22O/c1-5-6-7-8-9-10(12)11(2,3)4/h8-10,12H,5-7H2,1-4H3/b9-8-. The Labute approximate surface area is 76.5 Å². The smallest absolute Gasteiger partial charge is 0.0769 e. The lowest BCUT2D eigenvalue weighted by molar-refractivity contribution is 0.105. The zero-order valence-electron chi connectivity index (χ0n) is 8.80. The van der Waals surface area contributed by atoms with Crippen molar-refractivity contribution in [2.75, 3.05) is 0 Å². The minimum atomic E-state index is -0.311. The first kappa shape index (κ1) is 11.7. The van der Waals surface area contributed by atoms with Crippen LogP contribution in [0, 0.1) is 5.41 Å². The molecule has 1 atom stereocenters. The quantitative estimate of drug-likeness (QED) is 0.507. The molecule has 0 saturated carbocycles. The van der Waals surface area contributed by atoms with Gasteiger partial charge in [-0.05, 0) is 11.8 Å². The molecule has 0 heterocycles. The number of allylic oxidation sites excluding steroid dienone is 1. The van der Waals surface area contributed by atoms with Gasteiger partial charge in [0.1, 0.15) is 0 Å². The van der Waals surface area contributed by atoms with Crippen molar-refractivity contribution in [3.63, 3.8) is 0 Å². The fraction of sp³-hybridized carbons (Fsp3) is 0.818. The molecule has 72 valence electrons. The van der Waals surface area contributed by atoms with E-state index in [1.165, 1.54) is 12.8 Å². The summed E-state index contributed by atoms with van der Waals surface area (Å²) in [5.41, 5.74) is -0.0251. The highest BCUT2D eigenvalue weighted by Gasteiger charge is 2.18. The lowest BCUT2D eigenvalue weighted by Gasteiger charge is -2.22. The first-order valence-corrected chi connectivity index (χ1v) is 4.83. The Balaban J connectivity index is 3.68. The number of hydrogen-bond acceptors (Lipinski definition) is 1. The Morgan fingerprint density at radius 2 is 1.92 bits per heavy atom. The molecule has 1 nitrogen and oxygen atoms in total. The van der Waals surface area contributed by atoms with Crippen molar-refractivity contribution >= 4 is 0 Å². The molecule has 0 aliphatic heterocycles. The van der Waals surface area contributed by atoms with Gasteiger partial charge in [-0.15, -0.1) is 0 Å². The van der Waals surface area contributed by atoms with Crippen LogP contribution in [0.25, 0.3) is 0 Å². The van der Waals surface area contributed by atoms with E-state index in [0.717, 1.165) is 6.42 Å². The van der Waals surface area contributed by atoms with Crippen molar-refractivity contribution in [2.45, 2.75) is 53.1 Å².